The molecule has 116 valence electrons. The van der Waals surface area contributed by atoms with Crippen LogP contribution in [0.25, 0.3) is 0 Å². The number of nitrogens with two attached hydrogens (primary N) is 1. The van der Waals surface area contributed by atoms with Crippen LogP contribution in [0.2, 0.25) is 0 Å². The lowest BCUT2D eigenvalue weighted by molar-refractivity contribution is -0.125. The van der Waals surface area contributed by atoms with Crippen molar-refractivity contribution in [2.45, 2.75) is 38.8 Å². The van der Waals surface area contributed by atoms with Crippen LogP contribution in [0.4, 0.5) is 0 Å². The third kappa shape index (κ3) is 3.53. The summed E-state index contributed by atoms with van der Waals surface area (Å²) in [6, 6.07) is 7.63. The quantitative estimate of drug-likeness (QED) is 0.272. The molecule has 1 saturated heterocycles. The number of hydrogen-bond acceptors (Lipinski definition) is 5. The van der Waals surface area contributed by atoms with Crippen LogP contribution in [0.1, 0.15) is 38.3 Å². The van der Waals surface area contributed by atoms with E-state index >= 15 is 0 Å². The Bertz CT molecular complexity index is 480. The van der Waals surface area contributed by atoms with E-state index in [1.165, 1.54) is 0 Å². The van der Waals surface area contributed by atoms with Gasteiger partial charge in [0.1, 0.15) is 5.75 Å². The van der Waals surface area contributed by atoms with Gasteiger partial charge < -0.3 is 4.74 Å². The van der Waals surface area contributed by atoms with E-state index in [1.807, 2.05) is 31.2 Å². The first-order chi connectivity index (χ1) is 10.2. The monoisotopic (exact) mass is 292 g/mol. The molecule has 1 aliphatic heterocycles. The van der Waals surface area contributed by atoms with Crippen LogP contribution in [-0.4, -0.2) is 18.6 Å². The molecule has 1 amide bonds. The Hall–Kier alpha value is -1.63. The summed E-state index contributed by atoms with van der Waals surface area (Å²) in [7, 11) is 0. The normalized spacial score (nSPS) is 24.8. The van der Waals surface area contributed by atoms with Gasteiger partial charge in [-0.1, -0.05) is 31.5 Å². The maximum absolute atomic E-state index is 12.0. The van der Waals surface area contributed by atoms with E-state index in [0.717, 1.165) is 24.2 Å². The number of nitrogens with one attached hydrogen (secondary N) is 3. The van der Waals surface area contributed by atoms with Crippen LogP contribution in [0.5, 0.6) is 5.75 Å². The van der Waals surface area contributed by atoms with Crippen LogP contribution in [0.15, 0.2) is 24.3 Å². The molecule has 0 aliphatic carbocycles. The van der Waals surface area contributed by atoms with Crippen molar-refractivity contribution in [1.82, 2.24) is 16.3 Å². The standard InChI is InChI=1S/C15H24N4O2/c1-3-4-9-21-12-8-6-5-7-11(12)14-13(15(20)17-16)10(2)18-19-14/h5-8,10,13-14,18-19H,3-4,9,16H2,1-2H3,(H,17,20). The molecule has 6 nitrogen and oxygen atoms in total. The molecule has 1 aliphatic rings. The van der Waals surface area contributed by atoms with Crippen LogP contribution < -0.4 is 26.9 Å². The van der Waals surface area contributed by atoms with Gasteiger partial charge in [0.2, 0.25) is 5.91 Å². The number of unbranched alkanes of at least 4 members (excludes halogenated alkanes) is 1. The molecule has 1 heterocycles. The Morgan fingerprint density at radius 3 is 2.86 bits per heavy atom. The molecule has 1 aromatic carbocycles. The summed E-state index contributed by atoms with van der Waals surface area (Å²) in [6.07, 6.45) is 2.09. The highest BCUT2D eigenvalue weighted by Gasteiger charge is 2.40. The molecule has 5 N–H and O–H groups in total. The van der Waals surface area contributed by atoms with Gasteiger partial charge in [-0.25, -0.2) is 11.3 Å². The second-order valence-corrected chi connectivity index (χ2v) is 5.33. The van der Waals surface area contributed by atoms with Crippen molar-refractivity contribution in [3.63, 3.8) is 0 Å². The maximum Gasteiger partial charge on any atom is 0.240 e. The zero-order valence-corrected chi connectivity index (χ0v) is 12.6. The SMILES string of the molecule is CCCCOc1ccccc1C1NNC(C)C1C(=O)NN. The van der Waals surface area contributed by atoms with E-state index in [1.54, 1.807) is 0 Å². The van der Waals surface area contributed by atoms with Crippen LogP contribution in [-0.2, 0) is 4.79 Å². The fraction of sp³-hybridized carbons (Fsp3) is 0.533. The average molecular weight is 292 g/mol. The lowest BCUT2D eigenvalue weighted by Gasteiger charge is -2.22. The summed E-state index contributed by atoms with van der Waals surface area (Å²) in [4.78, 5) is 12.0. The summed E-state index contributed by atoms with van der Waals surface area (Å²) in [5, 5.41) is 0. The molecule has 6 heteroatoms. The third-order valence-corrected chi connectivity index (χ3v) is 3.82. The minimum absolute atomic E-state index is 0.0118. The Labute approximate surface area is 125 Å². The first-order valence-corrected chi connectivity index (χ1v) is 7.42. The maximum atomic E-state index is 12.0. The molecule has 2 rings (SSSR count). The summed E-state index contributed by atoms with van der Waals surface area (Å²) < 4.78 is 5.86. The van der Waals surface area contributed by atoms with Crippen LogP contribution in [0.3, 0.4) is 0 Å². The predicted octanol–water partition coefficient (Wildman–Crippen LogP) is 1.01. The van der Waals surface area contributed by atoms with E-state index in [4.69, 9.17) is 10.6 Å². The molecule has 0 bridgehead atoms. The van der Waals surface area contributed by atoms with Gasteiger partial charge in [0.15, 0.2) is 0 Å². The van der Waals surface area contributed by atoms with Crippen molar-refractivity contribution in [2.75, 3.05) is 6.61 Å². The lowest BCUT2D eigenvalue weighted by Crippen LogP contribution is -2.41. The predicted molar refractivity (Wildman–Crippen MR) is 81.1 cm³/mol. The van der Waals surface area contributed by atoms with Gasteiger partial charge >= 0.3 is 0 Å². The highest BCUT2D eigenvalue weighted by atomic mass is 16.5. The minimum Gasteiger partial charge on any atom is -0.493 e. The molecule has 0 saturated carbocycles. The molecule has 3 unspecified atom stereocenters. The Morgan fingerprint density at radius 1 is 1.38 bits per heavy atom. The average Bonchev–Trinajstić information content (AvgIpc) is 2.89. The number of benzene rings is 1. The largest absolute Gasteiger partial charge is 0.493 e. The van der Waals surface area contributed by atoms with E-state index in [9.17, 15) is 4.79 Å². The van der Waals surface area contributed by atoms with Gasteiger partial charge in [-0.2, -0.15) is 0 Å². The number of hydrazine groups is 2. The third-order valence-electron chi connectivity index (χ3n) is 3.82. The van der Waals surface area contributed by atoms with Crippen molar-refractivity contribution < 1.29 is 9.53 Å². The van der Waals surface area contributed by atoms with E-state index < -0.39 is 0 Å². The van der Waals surface area contributed by atoms with Gasteiger partial charge in [0.05, 0.1) is 18.6 Å². The molecular weight excluding hydrogens is 268 g/mol. The molecule has 0 aromatic heterocycles. The number of para-hydroxylation sites is 1. The minimum atomic E-state index is -0.286. The zero-order chi connectivity index (χ0) is 15.2. The molecule has 21 heavy (non-hydrogen) atoms. The van der Waals surface area contributed by atoms with E-state index in [2.05, 4.69) is 23.2 Å². The van der Waals surface area contributed by atoms with E-state index in [0.29, 0.717) is 6.61 Å². The summed E-state index contributed by atoms with van der Waals surface area (Å²) in [5.74, 6) is 5.65. The topological polar surface area (TPSA) is 88.4 Å². The van der Waals surface area contributed by atoms with Gasteiger partial charge in [-0.3, -0.25) is 15.6 Å². The second-order valence-electron chi connectivity index (χ2n) is 5.33. The molecule has 0 radical (unpaired) electrons. The van der Waals surface area contributed by atoms with Gasteiger partial charge in [-0.15, -0.1) is 0 Å². The fourth-order valence-electron chi connectivity index (χ4n) is 2.63. The first kappa shape index (κ1) is 15.8. The zero-order valence-electron chi connectivity index (χ0n) is 12.6. The summed E-state index contributed by atoms with van der Waals surface area (Å²) in [6.45, 7) is 4.76. The van der Waals surface area contributed by atoms with Gasteiger partial charge in [-0.05, 0) is 19.4 Å². The number of rotatable bonds is 6. The first-order valence-electron chi connectivity index (χ1n) is 7.42. The number of amides is 1. The molecule has 1 aromatic rings. The molecule has 3 atom stereocenters. The number of hydrogen-bond donors (Lipinski definition) is 4. The van der Waals surface area contributed by atoms with Gasteiger partial charge in [0.25, 0.3) is 0 Å². The summed E-state index contributed by atoms with van der Waals surface area (Å²) >= 11 is 0. The fourth-order valence-corrected chi connectivity index (χ4v) is 2.63. The number of carbonyl (C=O) groups excluding carboxylic acids is 1. The van der Waals surface area contributed by atoms with Crippen LogP contribution in [0, 0.1) is 5.92 Å². The Kier molecular flexibility index (Phi) is 5.55. The molecular formula is C15H24N4O2. The van der Waals surface area contributed by atoms with Crippen molar-refractivity contribution in [2.24, 2.45) is 11.8 Å². The molecule has 0 spiro atoms. The van der Waals surface area contributed by atoms with Crippen molar-refractivity contribution >= 4 is 5.91 Å². The number of ether oxygens (including phenoxy) is 1. The number of carbonyl (C=O) groups is 1. The second kappa shape index (κ2) is 7.40. The van der Waals surface area contributed by atoms with Crippen molar-refractivity contribution in [3.8, 4) is 5.75 Å². The Balaban J connectivity index is 2.21. The van der Waals surface area contributed by atoms with E-state index in [-0.39, 0.29) is 23.9 Å². The molecule has 1 fully saturated rings. The van der Waals surface area contributed by atoms with Crippen molar-refractivity contribution in [3.05, 3.63) is 29.8 Å². The smallest absolute Gasteiger partial charge is 0.240 e. The highest BCUT2D eigenvalue weighted by molar-refractivity contribution is 5.80. The van der Waals surface area contributed by atoms with Crippen molar-refractivity contribution in [1.29, 1.82) is 0 Å². The van der Waals surface area contributed by atoms with Crippen LogP contribution >= 0.6 is 0 Å². The lowest BCUT2D eigenvalue weighted by atomic mass is 9.89. The van der Waals surface area contributed by atoms with Gasteiger partial charge in [0, 0.05) is 11.6 Å². The highest BCUT2D eigenvalue weighted by Crippen LogP contribution is 2.34. The Morgan fingerprint density at radius 2 is 2.14 bits per heavy atom. The summed E-state index contributed by atoms with van der Waals surface area (Å²) in [5.41, 5.74) is 9.50.